The van der Waals surface area contributed by atoms with Crippen LogP contribution >= 0.6 is 0 Å². The van der Waals surface area contributed by atoms with Crippen molar-refractivity contribution in [3.63, 3.8) is 0 Å². The number of nitrogens with zero attached hydrogens (tertiary/aromatic N) is 1. The van der Waals surface area contributed by atoms with E-state index in [0.29, 0.717) is 5.69 Å². The van der Waals surface area contributed by atoms with E-state index in [4.69, 9.17) is 4.74 Å². The SMILES string of the molecule is CN(C(=O)OCc1ccccc1)c1ccc(C(F)(F)F)cc1. The molecule has 0 bridgehead atoms. The van der Waals surface area contributed by atoms with Crippen molar-refractivity contribution in [3.05, 3.63) is 65.7 Å². The molecule has 0 N–H and O–H groups in total. The summed E-state index contributed by atoms with van der Waals surface area (Å²) in [6.07, 6.45) is -5.03. The highest BCUT2D eigenvalue weighted by Crippen LogP contribution is 2.30. The Labute approximate surface area is 125 Å². The number of amides is 1. The Balaban J connectivity index is 1.98. The molecule has 0 aliphatic heterocycles. The van der Waals surface area contributed by atoms with E-state index in [1.807, 2.05) is 30.3 Å². The zero-order chi connectivity index (χ0) is 16.2. The van der Waals surface area contributed by atoms with Crippen LogP contribution in [0.25, 0.3) is 0 Å². The van der Waals surface area contributed by atoms with E-state index in [1.165, 1.54) is 19.2 Å². The van der Waals surface area contributed by atoms with E-state index in [2.05, 4.69) is 0 Å². The van der Waals surface area contributed by atoms with E-state index >= 15 is 0 Å². The van der Waals surface area contributed by atoms with Gasteiger partial charge in [0.1, 0.15) is 6.61 Å². The van der Waals surface area contributed by atoms with Gasteiger partial charge < -0.3 is 4.74 Å². The van der Waals surface area contributed by atoms with Gasteiger partial charge in [-0.2, -0.15) is 13.2 Å². The Morgan fingerprint density at radius 3 is 2.18 bits per heavy atom. The molecule has 0 fully saturated rings. The fraction of sp³-hybridized carbons (Fsp3) is 0.188. The van der Waals surface area contributed by atoms with Crippen LogP contribution in [0.1, 0.15) is 11.1 Å². The third-order valence-electron chi connectivity index (χ3n) is 3.06. The highest BCUT2D eigenvalue weighted by Gasteiger charge is 2.30. The molecule has 0 spiro atoms. The molecular weight excluding hydrogens is 295 g/mol. The topological polar surface area (TPSA) is 29.5 Å². The molecule has 0 radical (unpaired) electrons. The van der Waals surface area contributed by atoms with Crippen LogP contribution in [0.15, 0.2) is 54.6 Å². The average molecular weight is 309 g/mol. The first-order valence-electron chi connectivity index (χ1n) is 6.49. The molecular formula is C16H14F3NO2. The number of hydrogen-bond acceptors (Lipinski definition) is 2. The maximum atomic E-state index is 12.5. The van der Waals surface area contributed by atoms with Gasteiger partial charge in [-0.25, -0.2) is 4.79 Å². The third kappa shape index (κ3) is 4.00. The van der Waals surface area contributed by atoms with E-state index in [1.54, 1.807) is 0 Å². The third-order valence-corrected chi connectivity index (χ3v) is 3.06. The van der Waals surface area contributed by atoms with Crippen molar-refractivity contribution in [1.82, 2.24) is 0 Å². The van der Waals surface area contributed by atoms with Crippen LogP contribution in [0, 0.1) is 0 Å². The summed E-state index contributed by atoms with van der Waals surface area (Å²) in [6, 6.07) is 13.4. The Bertz CT molecular complexity index is 624. The van der Waals surface area contributed by atoms with Gasteiger partial charge in [-0.05, 0) is 29.8 Å². The van der Waals surface area contributed by atoms with Gasteiger partial charge in [-0.3, -0.25) is 4.90 Å². The van der Waals surface area contributed by atoms with Gasteiger partial charge in [-0.15, -0.1) is 0 Å². The number of anilines is 1. The molecule has 116 valence electrons. The van der Waals surface area contributed by atoms with Crippen LogP contribution in [-0.2, 0) is 17.5 Å². The largest absolute Gasteiger partial charge is 0.444 e. The number of hydrogen-bond donors (Lipinski definition) is 0. The van der Waals surface area contributed by atoms with Crippen molar-refractivity contribution in [2.45, 2.75) is 12.8 Å². The van der Waals surface area contributed by atoms with Crippen LogP contribution in [0.2, 0.25) is 0 Å². The minimum atomic E-state index is -4.40. The predicted molar refractivity (Wildman–Crippen MR) is 76.5 cm³/mol. The fourth-order valence-electron chi connectivity index (χ4n) is 1.80. The van der Waals surface area contributed by atoms with Crippen LogP contribution in [0.5, 0.6) is 0 Å². The lowest BCUT2D eigenvalue weighted by molar-refractivity contribution is -0.137. The molecule has 1 amide bonds. The van der Waals surface area contributed by atoms with Gasteiger partial charge in [0.15, 0.2) is 0 Å². The maximum absolute atomic E-state index is 12.5. The highest BCUT2D eigenvalue weighted by molar-refractivity contribution is 5.86. The second-order valence-electron chi connectivity index (χ2n) is 4.64. The summed E-state index contributed by atoms with van der Waals surface area (Å²) in [7, 11) is 1.44. The summed E-state index contributed by atoms with van der Waals surface area (Å²) in [6.45, 7) is 0.102. The molecule has 22 heavy (non-hydrogen) atoms. The van der Waals surface area contributed by atoms with Crippen molar-refractivity contribution in [2.75, 3.05) is 11.9 Å². The fourth-order valence-corrected chi connectivity index (χ4v) is 1.80. The summed E-state index contributed by atoms with van der Waals surface area (Å²) in [4.78, 5) is 13.0. The minimum absolute atomic E-state index is 0.102. The number of rotatable bonds is 3. The molecule has 0 aliphatic rings. The van der Waals surface area contributed by atoms with Gasteiger partial charge in [0.25, 0.3) is 0 Å². The first kappa shape index (κ1) is 15.9. The van der Waals surface area contributed by atoms with E-state index in [0.717, 1.165) is 22.6 Å². The van der Waals surface area contributed by atoms with Crippen molar-refractivity contribution in [2.24, 2.45) is 0 Å². The van der Waals surface area contributed by atoms with Crippen molar-refractivity contribution < 1.29 is 22.7 Å². The lowest BCUT2D eigenvalue weighted by atomic mass is 10.2. The van der Waals surface area contributed by atoms with Crippen LogP contribution in [0.3, 0.4) is 0 Å². The zero-order valence-corrected chi connectivity index (χ0v) is 11.8. The van der Waals surface area contributed by atoms with Gasteiger partial charge >= 0.3 is 12.3 Å². The Morgan fingerprint density at radius 1 is 1.05 bits per heavy atom. The normalized spacial score (nSPS) is 11.1. The second-order valence-corrected chi connectivity index (χ2v) is 4.64. The van der Waals surface area contributed by atoms with Gasteiger partial charge in [0.2, 0.25) is 0 Å². The number of benzene rings is 2. The molecule has 2 aromatic rings. The quantitative estimate of drug-likeness (QED) is 0.836. The summed E-state index contributed by atoms with van der Waals surface area (Å²) in [5.41, 5.74) is 0.394. The van der Waals surface area contributed by atoms with E-state index < -0.39 is 17.8 Å². The summed E-state index contributed by atoms with van der Waals surface area (Å²) in [5, 5.41) is 0. The Morgan fingerprint density at radius 2 is 1.64 bits per heavy atom. The van der Waals surface area contributed by atoms with Crippen molar-refractivity contribution in [1.29, 1.82) is 0 Å². The molecule has 0 aromatic heterocycles. The molecule has 0 saturated heterocycles. The summed E-state index contributed by atoms with van der Waals surface area (Å²) >= 11 is 0. The zero-order valence-electron chi connectivity index (χ0n) is 11.8. The van der Waals surface area contributed by atoms with Gasteiger partial charge in [0, 0.05) is 12.7 Å². The lowest BCUT2D eigenvalue weighted by Crippen LogP contribution is -2.27. The molecule has 0 atom stereocenters. The monoisotopic (exact) mass is 309 g/mol. The lowest BCUT2D eigenvalue weighted by Gasteiger charge is -2.18. The molecule has 0 saturated carbocycles. The smallest absolute Gasteiger partial charge is 0.416 e. The van der Waals surface area contributed by atoms with E-state index in [9.17, 15) is 18.0 Å². The predicted octanol–water partition coefficient (Wildman–Crippen LogP) is 4.48. The van der Waals surface area contributed by atoms with Gasteiger partial charge in [0.05, 0.1) is 5.56 Å². The number of ether oxygens (including phenoxy) is 1. The first-order valence-corrected chi connectivity index (χ1v) is 6.49. The Kier molecular flexibility index (Phi) is 4.70. The summed E-state index contributed by atoms with van der Waals surface area (Å²) in [5.74, 6) is 0. The molecule has 3 nitrogen and oxygen atoms in total. The van der Waals surface area contributed by atoms with Crippen LogP contribution < -0.4 is 4.90 Å². The molecule has 2 aromatic carbocycles. The van der Waals surface area contributed by atoms with Crippen molar-refractivity contribution in [3.8, 4) is 0 Å². The molecule has 0 aliphatic carbocycles. The molecule has 0 heterocycles. The van der Waals surface area contributed by atoms with Crippen molar-refractivity contribution >= 4 is 11.8 Å². The van der Waals surface area contributed by atoms with Crippen LogP contribution in [-0.4, -0.2) is 13.1 Å². The summed E-state index contributed by atoms with van der Waals surface area (Å²) < 4.78 is 42.6. The average Bonchev–Trinajstić information content (AvgIpc) is 2.52. The highest BCUT2D eigenvalue weighted by atomic mass is 19.4. The van der Waals surface area contributed by atoms with Gasteiger partial charge in [-0.1, -0.05) is 30.3 Å². The van der Waals surface area contributed by atoms with E-state index in [-0.39, 0.29) is 6.61 Å². The maximum Gasteiger partial charge on any atom is 0.416 e. The number of alkyl halides is 3. The number of carbonyl (C=O) groups excluding carboxylic acids is 1. The molecule has 2 rings (SSSR count). The molecule has 6 heteroatoms. The number of halogens is 3. The minimum Gasteiger partial charge on any atom is -0.444 e. The number of carbonyl (C=O) groups is 1. The van der Waals surface area contributed by atoms with Crippen LogP contribution in [0.4, 0.5) is 23.7 Å². The Hall–Kier alpha value is -2.50. The second kappa shape index (κ2) is 6.51. The molecule has 0 unspecified atom stereocenters. The first-order chi connectivity index (χ1) is 10.4. The standard InChI is InChI=1S/C16H14F3NO2/c1-20(14-9-7-13(8-10-14)16(17,18)19)15(21)22-11-12-5-3-2-4-6-12/h2-10H,11H2,1H3.